The Labute approximate surface area is 360 Å². The maximum Gasteiger partial charge on any atom is 0.762 e. The monoisotopic (exact) mass is 926 g/mol. The predicted molar refractivity (Wildman–Crippen MR) is 207 cm³/mol. The van der Waals surface area contributed by atoms with E-state index in [2.05, 4.69) is 50.6 Å². The predicted octanol–water partition coefficient (Wildman–Crippen LogP) is -4.14. The van der Waals surface area contributed by atoms with E-state index in [1.807, 2.05) is 0 Å². The number of carboxylic acid groups (broad SMARTS) is 2. The molecule has 0 atom stereocenters. The third-order valence-corrected chi connectivity index (χ3v) is 6.76. The minimum atomic E-state index is -5.19. The van der Waals surface area contributed by atoms with Crippen molar-refractivity contribution in [2.75, 3.05) is 60.9 Å². The molecule has 28 heteroatoms. The Hall–Kier alpha value is -5.93. The van der Waals surface area contributed by atoms with Crippen LogP contribution in [-0.4, -0.2) is 180 Å². The summed E-state index contributed by atoms with van der Waals surface area (Å²) in [5, 5.41) is 19.5. The van der Waals surface area contributed by atoms with Gasteiger partial charge in [0.2, 0.25) is 5.91 Å². The van der Waals surface area contributed by atoms with Gasteiger partial charge in [-0.15, -0.1) is 0 Å². The second-order valence-electron chi connectivity index (χ2n) is 13.0. The lowest BCUT2D eigenvalue weighted by atomic mass is 10.2. The fourth-order valence-electron chi connectivity index (χ4n) is 4.43. The van der Waals surface area contributed by atoms with Crippen LogP contribution < -0.4 is 20.9 Å². The van der Waals surface area contributed by atoms with Crippen LogP contribution in [0.4, 0.5) is 26.1 Å². The lowest BCUT2D eigenvalue weighted by Gasteiger charge is -2.28. The Bertz CT molecular complexity index is 1530. The zero-order valence-electron chi connectivity index (χ0n) is 37.0. The molecule has 0 spiro atoms. The molecular formula is C35H58BF7N8O12. The van der Waals surface area contributed by atoms with Crippen molar-refractivity contribution >= 4 is 66.9 Å². The number of nitrogens with zero attached hydrogens (tertiary/aromatic N) is 6. The van der Waals surface area contributed by atoms with Gasteiger partial charge < -0.3 is 30.8 Å². The van der Waals surface area contributed by atoms with Gasteiger partial charge in [0.25, 0.3) is 41.4 Å². The van der Waals surface area contributed by atoms with Crippen LogP contribution in [0.15, 0.2) is 24.3 Å². The summed E-state index contributed by atoms with van der Waals surface area (Å²) >= 11 is 0. The first kappa shape index (κ1) is 66.2. The van der Waals surface area contributed by atoms with Crippen LogP contribution in [0.1, 0.15) is 61.3 Å². The van der Waals surface area contributed by atoms with E-state index in [0.29, 0.717) is 37.7 Å². The number of alkyl halides is 3. The zero-order chi connectivity index (χ0) is 49.7. The molecule has 0 aromatic rings. The molecule has 20 nitrogen and oxygen atoms in total. The number of quaternary nitrogens is 1. The number of halogens is 7. The Morgan fingerprint density at radius 2 is 1.17 bits per heavy atom. The molecule has 0 bridgehead atoms. The zero-order valence-corrected chi connectivity index (χ0v) is 37.0. The summed E-state index contributed by atoms with van der Waals surface area (Å²) in [6, 6.07) is 1.82. The molecule has 1 fully saturated rings. The molecule has 0 aromatic heterocycles. The molecule has 7 amide bonds. The van der Waals surface area contributed by atoms with Crippen LogP contribution in [0.25, 0.3) is 0 Å². The number of rotatable bonds is 9. The maximum absolute atomic E-state index is 11.3. The lowest BCUT2D eigenvalue weighted by molar-refractivity contribution is -0.484. The molecule has 5 N–H and O–H groups in total. The van der Waals surface area contributed by atoms with Gasteiger partial charge in [-0.2, -0.15) is 13.2 Å². The van der Waals surface area contributed by atoms with Gasteiger partial charge in [0, 0.05) is 76.2 Å². The van der Waals surface area contributed by atoms with Crippen molar-refractivity contribution in [3.63, 3.8) is 0 Å². The summed E-state index contributed by atoms with van der Waals surface area (Å²) in [5.74, 6) is -5.70. The van der Waals surface area contributed by atoms with Gasteiger partial charge in [0.15, 0.2) is 0 Å². The smallest absolute Gasteiger partial charge is 0.762 e. The van der Waals surface area contributed by atoms with E-state index in [-0.39, 0.29) is 65.4 Å². The summed E-state index contributed by atoms with van der Waals surface area (Å²) in [6.07, 6.45) is 0.252. The van der Waals surface area contributed by atoms with Crippen molar-refractivity contribution in [2.24, 2.45) is 0 Å². The van der Waals surface area contributed by atoms with Crippen molar-refractivity contribution in [1.29, 1.82) is 0 Å². The number of imide groups is 3. The molecule has 3 rings (SSSR count). The Morgan fingerprint density at radius 3 is 1.38 bits per heavy atom. The lowest BCUT2D eigenvalue weighted by Crippen LogP contribution is -3.00. The summed E-state index contributed by atoms with van der Waals surface area (Å²) in [6.45, 7) is 16.3. The minimum absolute atomic E-state index is 0. The number of aliphatic carboxylic acids is 2. The van der Waals surface area contributed by atoms with E-state index in [4.69, 9.17) is 24.6 Å². The number of carbonyl (C=O) groups is 9. The molecule has 3 heterocycles. The molecule has 1 saturated heterocycles. The fraction of sp³-hybridized carbons (Fsp3) is 0.600. The van der Waals surface area contributed by atoms with Crippen LogP contribution in [0.3, 0.4) is 0 Å². The maximum atomic E-state index is 11.3. The SMILES string of the molecule is CC(=O)NCCN1C(=O)C=CC1=O.CC(=O)O.CCN(C(C)C)C(C)C.CN(C)C(ON1C(=O)CCC1=O)=[N+](C)C.FB(F)F.O=C([O-])C(F)(F)F.[F-].[NH3+]CCN1C(=O)C=CC1=O. The molecule has 0 saturated carbocycles. The van der Waals surface area contributed by atoms with E-state index in [1.165, 1.54) is 36.1 Å². The molecular weight excluding hydrogens is 868 g/mol. The van der Waals surface area contributed by atoms with Crippen LogP contribution in [-0.2, 0) is 48.0 Å². The van der Waals surface area contributed by atoms with Crippen molar-refractivity contribution in [3.05, 3.63) is 24.3 Å². The highest BCUT2D eigenvalue weighted by Gasteiger charge is 2.35. The highest BCUT2D eigenvalue weighted by Crippen LogP contribution is 2.13. The van der Waals surface area contributed by atoms with Gasteiger partial charge in [0.1, 0.15) is 5.97 Å². The van der Waals surface area contributed by atoms with Gasteiger partial charge in [-0.1, -0.05) is 12.0 Å². The molecule has 63 heavy (non-hydrogen) atoms. The topological polar surface area (TPSA) is 265 Å². The van der Waals surface area contributed by atoms with Gasteiger partial charge in [-0.05, 0) is 34.2 Å². The van der Waals surface area contributed by atoms with Crippen LogP contribution >= 0.6 is 0 Å². The number of amides is 7. The van der Waals surface area contributed by atoms with E-state index in [9.17, 15) is 59.7 Å². The number of nitrogens with one attached hydrogen (secondary N) is 1. The van der Waals surface area contributed by atoms with E-state index in [0.717, 1.165) is 23.4 Å². The molecule has 0 aliphatic carbocycles. The second kappa shape index (κ2) is 34.6. The summed E-state index contributed by atoms with van der Waals surface area (Å²) in [4.78, 5) is 106. The first-order valence-corrected chi connectivity index (χ1v) is 18.3. The van der Waals surface area contributed by atoms with Gasteiger partial charge in [0.05, 0.1) is 41.3 Å². The van der Waals surface area contributed by atoms with Crippen molar-refractivity contribution < 1.29 is 99.3 Å². The normalized spacial score (nSPS) is 13.4. The number of carboxylic acids is 2. The second-order valence-corrected chi connectivity index (χ2v) is 13.0. The van der Waals surface area contributed by atoms with Crippen LogP contribution in [0.5, 0.6) is 0 Å². The number of amidine groups is 1. The number of hydrogen-bond donors (Lipinski definition) is 3. The number of carbonyl (C=O) groups excluding carboxylic acids is 8. The van der Waals surface area contributed by atoms with Gasteiger partial charge in [-0.3, -0.25) is 70.8 Å². The quantitative estimate of drug-likeness (QED) is 0.0496. The van der Waals surface area contributed by atoms with Crippen LogP contribution in [0, 0.1) is 0 Å². The Balaban J connectivity index is -0.000000216. The molecule has 362 valence electrons. The average molecular weight is 927 g/mol. The first-order valence-electron chi connectivity index (χ1n) is 18.3. The van der Waals surface area contributed by atoms with E-state index in [1.54, 1.807) is 37.7 Å². The average Bonchev–Trinajstić information content (AvgIpc) is 3.73. The summed E-state index contributed by atoms with van der Waals surface area (Å²) in [5.41, 5.74) is 3.54. The molecule has 0 unspecified atom stereocenters. The third-order valence-electron chi connectivity index (χ3n) is 6.76. The van der Waals surface area contributed by atoms with E-state index >= 15 is 0 Å². The fourth-order valence-corrected chi connectivity index (χ4v) is 4.43. The summed E-state index contributed by atoms with van der Waals surface area (Å²) in [7, 11) is 3.45. The van der Waals surface area contributed by atoms with Gasteiger partial charge >= 0.3 is 19.7 Å². The first-order chi connectivity index (χ1) is 28.3. The number of hydroxylamine groups is 2. The highest BCUT2D eigenvalue weighted by atomic mass is 19.4. The Morgan fingerprint density at radius 1 is 0.857 bits per heavy atom. The van der Waals surface area contributed by atoms with Crippen molar-refractivity contribution in [3.8, 4) is 0 Å². The Kier molecular flexibility index (Phi) is 36.4. The van der Waals surface area contributed by atoms with Gasteiger partial charge in [-0.25, -0.2) is 9.48 Å². The largest absolute Gasteiger partial charge is 1.00 e. The van der Waals surface area contributed by atoms with Crippen molar-refractivity contribution in [2.45, 2.75) is 79.6 Å². The molecule has 3 aliphatic rings. The van der Waals surface area contributed by atoms with E-state index < -0.39 is 25.7 Å². The third kappa shape index (κ3) is 33.4. The highest BCUT2D eigenvalue weighted by molar-refractivity contribution is 6.33. The standard InChI is InChI=1S/C9H16N3O3.C8H10N2O3.C8H19N.C6H8N2O2.C2HF3O2.C2H4O2.BF3.FH/c1-10(2)9(11(3)4)15-12-7(13)5-6-8(12)14;1-6(11)9-4-5-10-7(12)2-3-8(10)13;1-6-9(7(2)3)8(4)5;7-3-4-8-5(9)1-2-6(8)10;3-2(4,5)1(6)7;1-2(3)4;2-1(3)4;/h5-6H2,1-4H3;2-3H,4-5H2,1H3,(H,9,11);7-8H,6H2,1-5H3;1-2H,3-4,7H2;(H,6,7);1H3,(H,3,4);;1H/q+1;;;;;;;/p-1. The minimum Gasteiger partial charge on any atom is -1.00 e. The molecule has 0 radical (unpaired) electrons. The van der Waals surface area contributed by atoms with Crippen molar-refractivity contribution in [1.82, 2.24) is 30.0 Å². The molecule has 0 aromatic carbocycles. The van der Waals surface area contributed by atoms with Crippen LogP contribution in [0.2, 0.25) is 0 Å². The molecule has 3 aliphatic heterocycles. The number of hydrogen-bond acceptors (Lipinski definition) is 12. The summed E-state index contributed by atoms with van der Waals surface area (Å²) < 4.78 is 62.2.